The van der Waals surface area contributed by atoms with Crippen LogP contribution in [0.1, 0.15) is 29.8 Å². The number of anilines is 1. The van der Waals surface area contributed by atoms with Crippen LogP contribution in [-0.4, -0.2) is 25.1 Å². The summed E-state index contributed by atoms with van der Waals surface area (Å²) in [6, 6.07) is 11.8. The van der Waals surface area contributed by atoms with E-state index in [1.54, 1.807) is 43.5 Å². The first-order chi connectivity index (χ1) is 12.9. The van der Waals surface area contributed by atoms with Gasteiger partial charge in [-0.25, -0.2) is 4.79 Å². The van der Waals surface area contributed by atoms with Crippen LogP contribution in [0.3, 0.4) is 0 Å². The van der Waals surface area contributed by atoms with Gasteiger partial charge in [0, 0.05) is 6.08 Å². The summed E-state index contributed by atoms with van der Waals surface area (Å²) in [4.78, 5) is 28.0. The minimum Gasteiger partial charge on any atom is -0.493 e. The van der Waals surface area contributed by atoms with Crippen LogP contribution in [0, 0.1) is 0 Å². The molecule has 142 valence electrons. The van der Waals surface area contributed by atoms with Crippen LogP contribution < -0.4 is 20.7 Å². The molecule has 2 aromatic rings. The number of nitrogens with one attached hydrogen (secondary N) is 1. The van der Waals surface area contributed by atoms with Crippen LogP contribution in [0.15, 0.2) is 48.5 Å². The Hall–Kier alpha value is -3.32. The number of rotatable bonds is 7. The van der Waals surface area contributed by atoms with Gasteiger partial charge in [0.1, 0.15) is 0 Å². The Balaban J connectivity index is 2.12. The normalized spacial score (nSPS) is 10.7. The van der Waals surface area contributed by atoms with Crippen LogP contribution in [0.4, 0.5) is 5.69 Å². The zero-order valence-corrected chi connectivity index (χ0v) is 15.4. The number of nitrogens with two attached hydrogens (primary N) is 1. The summed E-state index contributed by atoms with van der Waals surface area (Å²) < 4.78 is 11.0. The number of methoxy groups -OCH3 is 1. The highest BCUT2D eigenvalue weighted by Crippen LogP contribution is 2.29. The minimum atomic E-state index is -0.736. The van der Waals surface area contributed by atoms with Gasteiger partial charge in [-0.05, 0) is 49.8 Å². The van der Waals surface area contributed by atoms with Gasteiger partial charge in [-0.15, -0.1) is 0 Å². The van der Waals surface area contributed by atoms with Gasteiger partial charge in [0.15, 0.2) is 11.5 Å². The molecule has 0 fully saturated rings. The van der Waals surface area contributed by atoms with Crippen molar-refractivity contribution in [3.63, 3.8) is 0 Å². The molecule has 0 aliphatic heterocycles. The van der Waals surface area contributed by atoms with Crippen molar-refractivity contribution in [3.05, 3.63) is 59.7 Å². The fourth-order valence-electron chi connectivity index (χ4n) is 2.32. The predicted molar refractivity (Wildman–Crippen MR) is 102 cm³/mol. The number of ether oxygens (including phenoxy) is 2. The Morgan fingerprint density at radius 1 is 1.11 bits per heavy atom. The van der Waals surface area contributed by atoms with Gasteiger partial charge < -0.3 is 19.6 Å². The fraction of sp³-hybridized carbons (Fsp3) is 0.200. The van der Waals surface area contributed by atoms with E-state index in [2.05, 4.69) is 10.2 Å². The number of para-hydroxylation sites is 1. The molecule has 0 aliphatic rings. The second kappa shape index (κ2) is 9.40. The van der Waals surface area contributed by atoms with Crippen LogP contribution in [0.5, 0.6) is 11.5 Å². The van der Waals surface area contributed by atoms with Crippen molar-refractivity contribution in [2.75, 3.05) is 12.4 Å². The first-order valence-corrected chi connectivity index (χ1v) is 8.28. The maximum absolute atomic E-state index is 12.2. The van der Waals surface area contributed by atoms with Crippen molar-refractivity contribution in [2.24, 2.45) is 5.90 Å². The van der Waals surface area contributed by atoms with Gasteiger partial charge in [-0.2, -0.15) is 5.90 Å². The summed E-state index contributed by atoms with van der Waals surface area (Å²) in [7, 11) is 1.55. The molecule has 0 unspecified atom stereocenters. The topological polar surface area (TPSA) is 99.9 Å². The fourth-order valence-corrected chi connectivity index (χ4v) is 2.32. The van der Waals surface area contributed by atoms with E-state index < -0.39 is 11.9 Å². The van der Waals surface area contributed by atoms with Gasteiger partial charge in [-0.1, -0.05) is 18.2 Å². The molecule has 27 heavy (non-hydrogen) atoms. The zero-order chi connectivity index (χ0) is 19.8. The predicted octanol–water partition coefficient (Wildman–Crippen LogP) is 3.16. The average Bonchev–Trinajstić information content (AvgIpc) is 2.66. The molecular weight excluding hydrogens is 348 g/mol. The zero-order valence-electron chi connectivity index (χ0n) is 15.4. The van der Waals surface area contributed by atoms with E-state index in [0.717, 1.165) is 5.56 Å². The molecular formula is C20H22N2O5. The Bertz CT molecular complexity index is 846. The molecule has 0 heterocycles. The molecule has 0 atom stereocenters. The van der Waals surface area contributed by atoms with Gasteiger partial charge >= 0.3 is 5.97 Å². The molecule has 2 aromatic carbocycles. The summed E-state index contributed by atoms with van der Waals surface area (Å²) in [5, 5.41) is 2.62. The van der Waals surface area contributed by atoms with E-state index in [0.29, 0.717) is 17.2 Å². The molecule has 7 nitrogen and oxygen atoms in total. The van der Waals surface area contributed by atoms with Crippen LogP contribution in [0.25, 0.3) is 6.08 Å². The molecule has 2 rings (SSSR count). The number of amides is 1. The number of carbonyl (C=O) groups excluding carboxylic acids is 2. The highest BCUT2D eigenvalue weighted by molar-refractivity contribution is 6.06. The standard InChI is InChI=1S/C20H22N2O5/c1-13(2)26-17-10-8-14(12-18(17)25-3)9-11-19(23)22-16-7-5-4-6-15(16)20(24)27-21/h4-13H,21H2,1-3H3,(H,22,23)/b11-9+. The summed E-state index contributed by atoms with van der Waals surface area (Å²) in [5.41, 5.74) is 1.23. The van der Waals surface area contributed by atoms with E-state index in [9.17, 15) is 9.59 Å². The maximum atomic E-state index is 12.2. The van der Waals surface area contributed by atoms with Crippen molar-refractivity contribution >= 4 is 23.6 Å². The molecule has 0 aromatic heterocycles. The number of carbonyl (C=O) groups is 2. The Morgan fingerprint density at radius 2 is 1.85 bits per heavy atom. The molecule has 0 radical (unpaired) electrons. The van der Waals surface area contributed by atoms with Crippen molar-refractivity contribution in [1.29, 1.82) is 0 Å². The molecule has 7 heteroatoms. The lowest BCUT2D eigenvalue weighted by molar-refractivity contribution is -0.111. The van der Waals surface area contributed by atoms with E-state index in [-0.39, 0.29) is 11.7 Å². The third-order valence-corrected chi connectivity index (χ3v) is 3.49. The molecule has 0 saturated heterocycles. The number of benzene rings is 2. The van der Waals surface area contributed by atoms with Gasteiger partial charge in [0.2, 0.25) is 5.91 Å². The first kappa shape index (κ1) is 20.0. The first-order valence-electron chi connectivity index (χ1n) is 8.28. The largest absolute Gasteiger partial charge is 0.493 e. The SMILES string of the molecule is COc1cc(/C=C/C(=O)Nc2ccccc2C(=O)ON)ccc1OC(C)C. The van der Waals surface area contributed by atoms with E-state index in [1.807, 2.05) is 19.9 Å². The van der Waals surface area contributed by atoms with Crippen molar-refractivity contribution < 1.29 is 23.9 Å². The van der Waals surface area contributed by atoms with Crippen LogP contribution in [0.2, 0.25) is 0 Å². The molecule has 0 saturated carbocycles. The summed E-state index contributed by atoms with van der Waals surface area (Å²) in [5.74, 6) is 4.96. The highest BCUT2D eigenvalue weighted by Gasteiger charge is 2.12. The molecule has 0 bridgehead atoms. The Kier molecular flexibility index (Phi) is 6.96. The smallest absolute Gasteiger partial charge is 0.358 e. The van der Waals surface area contributed by atoms with Crippen molar-refractivity contribution in [2.45, 2.75) is 20.0 Å². The van der Waals surface area contributed by atoms with E-state index in [4.69, 9.17) is 15.4 Å². The average molecular weight is 370 g/mol. The van der Waals surface area contributed by atoms with Crippen LogP contribution in [-0.2, 0) is 9.63 Å². The minimum absolute atomic E-state index is 0.0198. The van der Waals surface area contributed by atoms with Crippen molar-refractivity contribution in [1.82, 2.24) is 0 Å². The molecule has 0 aliphatic carbocycles. The number of hydrogen-bond donors (Lipinski definition) is 2. The summed E-state index contributed by atoms with van der Waals surface area (Å²) in [6.45, 7) is 3.85. The van der Waals surface area contributed by atoms with E-state index in [1.165, 1.54) is 12.1 Å². The highest BCUT2D eigenvalue weighted by atomic mass is 16.7. The summed E-state index contributed by atoms with van der Waals surface area (Å²) in [6.07, 6.45) is 3.00. The van der Waals surface area contributed by atoms with Crippen molar-refractivity contribution in [3.8, 4) is 11.5 Å². The van der Waals surface area contributed by atoms with Gasteiger partial charge in [0.05, 0.1) is 24.5 Å². The molecule has 3 N–H and O–H groups in total. The van der Waals surface area contributed by atoms with Crippen LogP contribution >= 0.6 is 0 Å². The second-order valence-electron chi connectivity index (χ2n) is 5.85. The monoisotopic (exact) mass is 370 g/mol. The number of hydrogen-bond acceptors (Lipinski definition) is 6. The lowest BCUT2D eigenvalue weighted by Gasteiger charge is -2.13. The molecule has 1 amide bonds. The third kappa shape index (κ3) is 5.58. The Labute approximate surface area is 157 Å². The molecule has 0 spiro atoms. The van der Waals surface area contributed by atoms with E-state index >= 15 is 0 Å². The lowest BCUT2D eigenvalue weighted by Crippen LogP contribution is -2.15. The third-order valence-electron chi connectivity index (χ3n) is 3.49. The Morgan fingerprint density at radius 3 is 2.52 bits per heavy atom. The van der Waals surface area contributed by atoms with Gasteiger partial charge in [-0.3, -0.25) is 4.79 Å². The lowest BCUT2D eigenvalue weighted by atomic mass is 10.1. The maximum Gasteiger partial charge on any atom is 0.358 e. The second-order valence-corrected chi connectivity index (χ2v) is 5.85. The van der Waals surface area contributed by atoms with Gasteiger partial charge in [0.25, 0.3) is 0 Å². The summed E-state index contributed by atoms with van der Waals surface area (Å²) >= 11 is 0. The quantitative estimate of drug-likeness (QED) is 0.574.